The lowest BCUT2D eigenvalue weighted by molar-refractivity contribution is 0.318. The molecule has 106 valence electrons. The van der Waals surface area contributed by atoms with Crippen molar-refractivity contribution in [3.05, 3.63) is 29.8 Å². The lowest BCUT2D eigenvalue weighted by Crippen LogP contribution is -2.26. The highest BCUT2D eigenvalue weighted by atomic mass is 32.2. The fraction of sp³-hybridized carbons (Fsp3) is 0.417. The van der Waals surface area contributed by atoms with E-state index < -0.39 is 10.0 Å². The maximum absolute atomic E-state index is 11.9. The Labute approximate surface area is 113 Å². The minimum Gasteiger partial charge on any atom is -0.409 e. The highest BCUT2D eigenvalue weighted by Crippen LogP contribution is 2.18. The van der Waals surface area contributed by atoms with Crippen LogP contribution in [-0.2, 0) is 10.0 Å². The van der Waals surface area contributed by atoms with Crippen LogP contribution >= 0.6 is 0 Å². The van der Waals surface area contributed by atoms with Gasteiger partial charge in [0.15, 0.2) is 5.84 Å². The molecule has 0 amide bonds. The minimum absolute atomic E-state index is 0.0240. The molecule has 4 N–H and O–H groups in total. The number of rotatable bonds is 4. The third-order valence-electron chi connectivity index (χ3n) is 2.18. The molecule has 1 aromatic rings. The van der Waals surface area contributed by atoms with Crippen molar-refractivity contribution in [1.29, 1.82) is 0 Å². The van der Waals surface area contributed by atoms with Crippen LogP contribution in [0.25, 0.3) is 0 Å². The summed E-state index contributed by atoms with van der Waals surface area (Å²) in [6.07, 6.45) is 0. The molecule has 1 rings (SSSR count). The van der Waals surface area contributed by atoms with Gasteiger partial charge in [0, 0.05) is 11.3 Å². The fourth-order valence-corrected chi connectivity index (χ4v) is 3.26. The van der Waals surface area contributed by atoms with Crippen molar-refractivity contribution < 1.29 is 13.6 Å². The zero-order valence-corrected chi connectivity index (χ0v) is 12.0. The molecule has 0 radical (unpaired) electrons. The summed E-state index contributed by atoms with van der Waals surface area (Å²) in [7, 11) is -3.39. The molecular weight excluding hydrogens is 266 g/mol. The van der Waals surface area contributed by atoms with Gasteiger partial charge in [-0.15, -0.1) is 0 Å². The third kappa shape index (κ3) is 5.17. The van der Waals surface area contributed by atoms with E-state index in [1.165, 1.54) is 0 Å². The predicted molar refractivity (Wildman–Crippen MR) is 75.8 cm³/mol. The van der Waals surface area contributed by atoms with E-state index in [9.17, 15) is 8.42 Å². The summed E-state index contributed by atoms with van der Waals surface area (Å²) in [6, 6.07) is 6.27. The normalized spacial score (nSPS) is 13.3. The number of amidine groups is 1. The van der Waals surface area contributed by atoms with Crippen LogP contribution in [0.3, 0.4) is 0 Å². The van der Waals surface area contributed by atoms with Gasteiger partial charge in [-0.2, -0.15) is 0 Å². The highest BCUT2D eigenvalue weighted by Gasteiger charge is 2.21. The first-order valence-electron chi connectivity index (χ1n) is 5.71. The molecule has 0 aliphatic carbocycles. The molecule has 7 heteroatoms. The first-order valence-corrected chi connectivity index (χ1v) is 7.37. The number of hydrogen-bond donors (Lipinski definition) is 3. The van der Waals surface area contributed by atoms with Gasteiger partial charge in [0.2, 0.25) is 10.0 Å². The standard InChI is InChI=1S/C12H19N3O3S/c1-12(2,3)8-19(17,18)15-10-6-4-9(5-7-10)11(13)14-16/h4-7,15-16H,8H2,1-3H3,(H2,13,14). The maximum atomic E-state index is 11.9. The smallest absolute Gasteiger partial charge is 0.233 e. The van der Waals surface area contributed by atoms with Gasteiger partial charge in [0.05, 0.1) is 5.75 Å². The van der Waals surface area contributed by atoms with E-state index >= 15 is 0 Å². The molecule has 0 aliphatic heterocycles. The van der Waals surface area contributed by atoms with Gasteiger partial charge in [0.1, 0.15) is 0 Å². The molecule has 0 spiro atoms. The lowest BCUT2D eigenvalue weighted by atomic mass is 10.0. The van der Waals surface area contributed by atoms with E-state index in [0.29, 0.717) is 11.3 Å². The first-order chi connectivity index (χ1) is 8.63. The van der Waals surface area contributed by atoms with Crippen molar-refractivity contribution in [3.63, 3.8) is 0 Å². The predicted octanol–water partition coefficient (Wildman–Crippen LogP) is 1.57. The second kappa shape index (κ2) is 5.48. The number of nitrogens with two attached hydrogens (primary N) is 1. The van der Waals surface area contributed by atoms with Crippen LogP contribution in [0.2, 0.25) is 0 Å². The fourth-order valence-electron chi connectivity index (χ4n) is 1.55. The highest BCUT2D eigenvalue weighted by molar-refractivity contribution is 7.92. The molecule has 0 aromatic heterocycles. The van der Waals surface area contributed by atoms with Gasteiger partial charge in [-0.1, -0.05) is 25.9 Å². The molecule has 0 bridgehead atoms. The monoisotopic (exact) mass is 285 g/mol. The maximum Gasteiger partial charge on any atom is 0.233 e. The molecule has 0 saturated heterocycles. The summed E-state index contributed by atoms with van der Waals surface area (Å²) in [5.74, 6) is 0.00577. The SMILES string of the molecule is CC(C)(C)CS(=O)(=O)Nc1ccc(C(N)=NO)cc1. The molecular formula is C12H19N3O3S. The zero-order valence-electron chi connectivity index (χ0n) is 11.2. The van der Waals surface area contributed by atoms with E-state index in [4.69, 9.17) is 10.9 Å². The Hall–Kier alpha value is -1.76. The summed E-state index contributed by atoms with van der Waals surface area (Å²) in [4.78, 5) is 0. The van der Waals surface area contributed by atoms with Crippen molar-refractivity contribution in [3.8, 4) is 0 Å². The lowest BCUT2D eigenvalue weighted by Gasteiger charge is -2.18. The summed E-state index contributed by atoms with van der Waals surface area (Å²) < 4.78 is 26.3. The van der Waals surface area contributed by atoms with E-state index in [2.05, 4.69) is 9.88 Å². The number of nitrogens with zero attached hydrogens (tertiary/aromatic N) is 1. The topological polar surface area (TPSA) is 105 Å². The summed E-state index contributed by atoms with van der Waals surface area (Å²) in [5.41, 5.74) is 6.05. The van der Waals surface area contributed by atoms with Crippen LogP contribution in [0.4, 0.5) is 5.69 Å². The van der Waals surface area contributed by atoms with Gasteiger partial charge >= 0.3 is 0 Å². The van der Waals surface area contributed by atoms with Crippen LogP contribution in [0.15, 0.2) is 29.4 Å². The van der Waals surface area contributed by atoms with Crippen LogP contribution in [0.5, 0.6) is 0 Å². The van der Waals surface area contributed by atoms with E-state index in [0.717, 1.165) is 0 Å². The Bertz CT molecular complexity index is 557. The van der Waals surface area contributed by atoms with Gasteiger partial charge in [-0.3, -0.25) is 4.72 Å². The first kappa shape index (κ1) is 15.3. The number of nitrogens with one attached hydrogen (secondary N) is 1. The van der Waals surface area contributed by atoms with Crippen molar-refractivity contribution in [2.24, 2.45) is 16.3 Å². The Morgan fingerprint density at radius 2 is 1.84 bits per heavy atom. The second-order valence-electron chi connectivity index (χ2n) is 5.48. The number of oxime groups is 1. The van der Waals surface area contributed by atoms with E-state index in [-0.39, 0.29) is 17.0 Å². The van der Waals surface area contributed by atoms with Crippen LogP contribution in [-0.4, -0.2) is 25.2 Å². The second-order valence-corrected chi connectivity index (χ2v) is 7.21. The number of benzene rings is 1. The Morgan fingerprint density at radius 1 is 1.32 bits per heavy atom. The van der Waals surface area contributed by atoms with E-state index in [1.807, 2.05) is 20.8 Å². The molecule has 0 aliphatic rings. The molecule has 0 heterocycles. The van der Waals surface area contributed by atoms with Gasteiger partial charge < -0.3 is 10.9 Å². The summed E-state index contributed by atoms with van der Waals surface area (Å²) >= 11 is 0. The average molecular weight is 285 g/mol. The number of hydrogen-bond acceptors (Lipinski definition) is 4. The number of anilines is 1. The Kier molecular flexibility index (Phi) is 4.41. The molecule has 0 unspecified atom stereocenters. The average Bonchev–Trinajstić information content (AvgIpc) is 2.25. The van der Waals surface area contributed by atoms with Gasteiger partial charge in [-0.05, 0) is 29.7 Å². The molecule has 0 fully saturated rings. The number of sulfonamides is 1. The van der Waals surface area contributed by atoms with Crippen molar-refractivity contribution in [2.45, 2.75) is 20.8 Å². The van der Waals surface area contributed by atoms with Crippen LogP contribution < -0.4 is 10.5 Å². The van der Waals surface area contributed by atoms with E-state index in [1.54, 1.807) is 24.3 Å². The Morgan fingerprint density at radius 3 is 2.26 bits per heavy atom. The van der Waals surface area contributed by atoms with Crippen LogP contribution in [0, 0.1) is 5.41 Å². The molecule has 0 saturated carbocycles. The van der Waals surface area contributed by atoms with Crippen molar-refractivity contribution in [2.75, 3.05) is 10.5 Å². The Balaban J connectivity index is 2.84. The molecule has 1 aromatic carbocycles. The zero-order chi connectivity index (χ0) is 14.7. The quantitative estimate of drug-likeness (QED) is 0.338. The van der Waals surface area contributed by atoms with Gasteiger partial charge in [-0.25, -0.2) is 8.42 Å². The van der Waals surface area contributed by atoms with Crippen molar-refractivity contribution in [1.82, 2.24) is 0 Å². The minimum atomic E-state index is -3.39. The van der Waals surface area contributed by atoms with Crippen LogP contribution in [0.1, 0.15) is 26.3 Å². The summed E-state index contributed by atoms with van der Waals surface area (Å²) in [5, 5.41) is 11.4. The largest absolute Gasteiger partial charge is 0.409 e. The summed E-state index contributed by atoms with van der Waals surface area (Å²) in [6.45, 7) is 5.56. The third-order valence-corrected chi connectivity index (χ3v) is 3.98. The van der Waals surface area contributed by atoms with Crippen molar-refractivity contribution >= 4 is 21.5 Å². The molecule has 6 nitrogen and oxygen atoms in total. The molecule has 19 heavy (non-hydrogen) atoms. The van der Waals surface area contributed by atoms with Gasteiger partial charge in [0.25, 0.3) is 0 Å². The molecule has 0 atom stereocenters.